The van der Waals surface area contributed by atoms with Crippen LogP contribution in [0.5, 0.6) is 11.5 Å². The monoisotopic (exact) mass is 584 g/mol. The minimum absolute atomic E-state index is 0.235. The highest BCUT2D eigenvalue weighted by Crippen LogP contribution is 2.45. The van der Waals surface area contributed by atoms with E-state index in [9.17, 15) is 10.2 Å². The highest BCUT2D eigenvalue weighted by Gasteiger charge is 2.41. The lowest BCUT2D eigenvalue weighted by Gasteiger charge is -2.32. The topological polar surface area (TPSA) is 104 Å². The smallest absolute Gasteiger partial charge is 0.115 e. The molecule has 6 heteroatoms. The highest BCUT2D eigenvalue weighted by molar-refractivity contribution is 5.53. The molecule has 0 aliphatic carbocycles. The van der Waals surface area contributed by atoms with Crippen LogP contribution < -0.4 is 0 Å². The van der Waals surface area contributed by atoms with Crippen LogP contribution in [0.25, 0.3) is 0 Å². The van der Waals surface area contributed by atoms with E-state index in [1.54, 1.807) is 24.3 Å². The molecule has 224 valence electrons. The lowest BCUT2D eigenvalue weighted by molar-refractivity contribution is 0.474. The van der Waals surface area contributed by atoms with Crippen molar-refractivity contribution in [3.8, 4) is 11.5 Å². The van der Waals surface area contributed by atoms with Crippen LogP contribution in [-0.2, 0) is 21.7 Å². The second-order valence-electron chi connectivity index (χ2n) is 13.7. The number of aromatic hydroxyl groups is 2. The summed E-state index contributed by atoms with van der Waals surface area (Å²) in [6, 6.07) is 32.5. The average Bonchev–Trinajstić information content (AvgIpc) is 3.82. The van der Waals surface area contributed by atoms with Crippen LogP contribution in [0.15, 0.2) is 97.1 Å². The van der Waals surface area contributed by atoms with Crippen LogP contribution in [0.3, 0.4) is 0 Å². The number of phenolic OH excluding ortho intramolecular Hbond substituents is 2. The molecule has 0 amide bonds. The van der Waals surface area contributed by atoms with Gasteiger partial charge in [-0.15, -0.1) is 0 Å². The molecule has 1 aliphatic heterocycles. The second kappa shape index (κ2) is 9.33. The normalized spacial score (nSPS) is 22.1. The first kappa shape index (κ1) is 28.0. The number of phenols is 2. The first-order valence-corrected chi connectivity index (χ1v) is 15.2. The fourth-order valence-corrected chi connectivity index (χ4v) is 7.00. The van der Waals surface area contributed by atoms with Crippen LogP contribution in [0.1, 0.15) is 98.2 Å². The molecule has 8 bridgehead atoms. The number of H-pyrrole nitrogens is 4. The summed E-state index contributed by atoms with van der Waals surface area (Å²) in [6.45, 7) is 13.4. The van der Waals surface area contributed by atoms with Crippen molar-refractivity contribution in [3.05, 3.63) is 154 Å². The van der Waals surface area contributed by atoms with Crippen molar-refractivity contribution in [2.45, 2.75) is 63.2 Å². The van der Waals surface area contributed by atoms with Crippen LogP contribution >= 0.6 is 0 Å². The number of hydrogen-bond donors (Lipinski definition) is 6. The molecule has 0 fully saturated rings. The zero-order chi connectivity index (χ0) is 31.1. The molecular weight excluding hydrogens is 544 g/mol. The summed E-state index contributed by atoms with van der Waals surface area (Å²) in [4.78, 5) is 15.3. The van der Waals surface area contributed by atoms with Gasteiger partial charge >= 0.3 is 0 Å². The minimum Gasteiger partial charge on any atom is -0.508 e. The summed E-state index contributed by atoms with van der Waals surface area (Å²) in [6.07, 6.45) is 0. The number of aromatic nitrogens is 4. The van der Waals surface area contributed by atoms with Gasteiger partial charge in [0.2, 0.25) is 0 Å². The van der Waals surface area contributed by atoms with Gasteiger partial charge in [-0.1, -0.05) is 24.3 Å². The number of fused-ring (bicyclic) bond motifs is 8. The fraction of sp³-hybridized carbons (Fsp3) is 0.263. The molecule has 5 heterocycles. The van der Waals surface area contributed by atoms with Crippen molar-refractivity contribution >= 4 is 0 Å². The van der Waals surface area contributed by atoms with Crippen LogP contribution in [0, 0.1) is 0 Å². The lowest BCUT2D eigenvalue weighted by Crippen LogP contribution is -2.30. The molecular formula is C38H40N4O2. The molecule has 6 nitrogen and oxygen atoms in total. The Labute approximate surface area is 258 Å². The van der Waals surface area contributed by atoms with Gasteiger partial charge in [-0.2, -0.15) is 0 Å². The van der Waals surface area contributed by atoms with Gasteiger partial charge in [0.15, 0.2) is 0 Å². The van der Waals surface area contributed by atoms with E-state index in [0.29, 0.717) is 0 Å². The minimum atomic E-state index is -0.586. The average molecular weight is 585 g/mol. The quantitative estimate of drug-likeness (QED) is 0.124. The Morgan fingerprint density at radius 1 is 0.341 bits per heavy atom. The molecule has 0 unspecified atom stereocenters. The summed E-state index contributed by atoms with van der Waals surface area (Å²) in [5.74, 6) is 0.470. The molecule has 1 aliphatic rings. The van der Waals surface area contributed by atoms with E-state index >= 15 is 0 Å². The standard InChI is InChI=1S/C38H40N4O2/c1-35(2)27-15-16-28(39-27)36(3,4)30-18-20-32(41-30)38(6,24-9-13-26(44)14-10-24)34-22-21-33(42-34)37(5,31-19-17-29(35)40-31)23-7-11-25(43)12-8-23/h7-22,39-44H,1-6H3/t37-,38+. The Morgan fingerprint density at radius 2 is 0.568 bits per heavy atom. The van der Waals surface area contributed by atoms with E-state index in [2.05, 4.69) is 110 Å². The van der Waals surface area contributed by atoms with Gasteiger partial charge in [-0.3, -0.25) is 0 Å². The van der Waals surface area contributed by atoms with E-state index in [1.807, 2.05) is 24.3 Å². The number of rotatable bonds is 2. The van der Waals surface area contributed by atoms with E-state index in [0.717, 1.165) is 56.7 Å². The fourth-order valence-electron chi connectivity index (χ4n) is 7.00. The first-order chi connectivity index (χ1) is 20.8. The molecule has 0 radical (unpaired) electrons. The van der Waals surface area contributed by atoms with Gasteiger partial charge < -0.3 is 30.1 Å². The molecule has 0 saturated heterocycles. The van der Waals surface area contributed by atoms with Gasteiger partial charge in [0.05, 0.1) is 10.8 Å². The van der Waals surface area contributed by atoms with Crippen molar-refractivity contribution in [3.63, 3.8) is 0 Å². The van der Waals surface area contributed by atoms with E-state index in [1.165, 1.54) is 0 Å². The predicted molar refractivity (Wildman–Crippen MR) is 175 cm³/mol. The van der Waals surface area contributed by atoms with Gasteiger partial charge in [-0.25, -0.2) is 0 Å². The summed E-state index contributed by atoms with van der Waals surface area (Å²) in [5, 5.41) is 20.3. The van der Waals surface area contributed by atoms with Crippen LogP contribution in [0.4, 0.5) is 0 Å². The number of nitrogens with one attached hydrogen (secondary N) is 4. The number of aromatic amines is 4. The molecule has 0 spiro atoms. The van der Waals surface area contributed by atoms with Gasteiger partial charge in [0, 0.05) is 56.4 Å². The van der Waals surface area contributed by atoms with Crippen LogP contribution in [0.2, 0.25) is 0 Å². The van der Waals surface area contributed by atoms with Crippen molar-refractivity contribution < 1.29 is 10.2 Å². The second-order valence-corrected chi connectivity index (χ2v) is 13.7. The zero-order valence-corrected chi connectivity index (χ0v) is 26.1. The molecule has 2 aromatic carbocycles. The molecule has 4 aromatic heterocycles. The van der Waals surface area contributed by atoms with Crippen LogP contribution in [-0.4, -0.2) is 30.1 Å². The van der Waals surface area contributed by atoms with Gasteiger partial charge in [-0.05, 0) is 125 Å². The zero-order valence-electron chi connectivity index (χ0n) is 26.1. The Hall–Kier alpha value is -4.84. The Kier molecular flexibility index (Phi) is 5.93. The molecule has 0 saturated carbocycles. The Morgan fingerprint density at radius 3 is 0.864 bits per heavy atom. The summed E-state index contributed by atoms with van der Waals surface area (Å²) in [5.41, 5.74) is 8.95. The third-order valence-corrected chi connectivity index (χ3v) is 10.5. The summed E-state index contributed by atoms with van der Waals surface area (Å²) in [7, 11) is 0. The number of benzene rings is 2. The maximum absolute atomic E-state index is 10.2. The van der Waals surface area contributed by atoms with E-state index in [-0.39, 0.29) is 22.3 Å². The molecule has 7 rings (SSSR count). The van der Waals surface area contributed by atoms with Crippen molar-refractivity contribution in [1.29, 1.82) is 0 Å². The highest BCUT2D eigenvalue weighted by atomic mass is 16.3. The van der Waals surface area contributed by atoms with Crippen molar-refractivity contribution in [2.24, 2.45) is 0 Å². The molecule has 6 aromatic rings. The summed E-state index contributed by atoms with van der Waals surface area (Å²) < 4.78 is 0. The number of hydrogen-bond acceptors (Lipinski definition) is 2. The van der Waals surface area contributed by atoms with Crippen molar-refractivity contribution in [1.82, 2.24) is 19.9 Å². The van der Waals surface area contributed by atoms with Gasteiger partial charge in [0.25, 0.3) is 0 Å². The van der Waals surface area contributed by atoms with E-state index < -0.39 is 10.8 Å². The maximum atomic E-state index is 10.2. The predicted octanol–water partition coefficient (Wildman–Crippen LogP) is 8.08. The summed E-state index contributed by atoms with van der Waals surface area (Å²) >= 11 is 0. The molecule has 44 heavy (non-hydrogen) atoms. The third kappa shape index (κ3) is 3.93. The third-order valence-electron chi connectivity index (χ3n) is 10.5. The van der Waals surface area contributed by atoms with Gasteiger partial charge in [0.1, 0.15) is 11.5 Å². The lowest BCUT2D eigenvalue weighted by atomic mass is 9.76. The first-order valence-electron chi connectivity index (χ1n) is 15.2. The molecule has 2 atom stereocenters. The Bertz CT molecular complexity index is 1830. The van der Waals surface area contributed by atoms with E-state index in [4.69, 9.17) is 0 Å². The largest absolute Gasteiger partial charge is 0.508 e. The van der Waals surface area contributed by atoms with Crippen molar-refractivity contribution in [2.75, 3.05) is 0 Å². The Balaban J connectivity index is 1.53. The SMILES string of the molecule is CC1(C)c2ccc([nH]2)C(C)(C)c2ccc([nH]2)[C@@](C)(c2ccc(O)cc2)c2ccc([nH]2)[C@@](C)(c2ccc(O)cc2)c2ccc1[nH]2. The molecule has 6 N–H and O–H groups in total. The maximum Gasteiger partial charge on any atom is 0.115 e.